The Hall–Kier alpha value is -2.64. The lowest BCUT2D eigenvalue weighted by Gasteiger charge is -2.07. The number of alkyl halides is 7. The molecule has 0 fully saturated rings. The summed E-state index contributed by atoms with van der Waals surface area (Å²) in [7, 11) is 0. The molecule has 14 heteroatoms. The van der Waals surface area contributed by atoms with Gasteiger partial charge in [-0.05, 0) is 6.07 Å². The van der Waals surface area contributed by atoms with Crippen LogP contribution in [0.3, 0.4) is 0 Å². The van der Waals surface area contributed by atoms with Crippen molar-refractivity contribution in [2.24, 2.45) is 0 Å². The molecule has 0 aliphatic rings. The first-order valence-electron chi connectivity index (χ1n) is 7.16. The van der Waals surface area contributed by atoms with Gasteiger partial charge >= 0.3 is 6.18 Å². The average molecular weight is 403 g/mol. The zero-order valence-corrected chi connectivity index (χ0v) is 13.3. The Kier molecular flexibility index (Phi) is 6.41. The highest BCUT2D eigenvalue weighted by atomic mass is 19.4. The molecule has 1 amide bonds. The fourth-order valence-corrected chi connectivity index (χ4v) is 1.95. The van der Waals surface area contributed by atoms with Gasteiger partial charge in [0.1, 0.15) is 31.3 Å². The number of anilines is 1. The van der Waals surface area contributed by atoms with Crippen molar-refractivity contribution >= 4 is 11.6 Å². The van der Waals surface area contributed by atoms with Gasteiger partial charge in [0.25, 0.3) is 12.9 Å². The molecule has 2 rings (SSSR count). The summed E-state index contributed by atoms with van der Waals surface area (Å²) in [4.78, 5) is 11.9. The molecule has 1 N–H and O–H groups in total. The van der Waals surface area contributed by atoms with Gasteiger partial charge in [-0.15, -0.1) is 0 Å². The Labute approximate surface area is 146 Å². The molecule has 0 aliphatic carbocycles. The van der Waals surface area contributed by atoms with E-state index in [-0.39, 0.29) is 5.69 Å². The van der Waals surface area contributed by atoms with Gasteiger partial charge in [0, 0.05) is 0 Å². The summed E-state index contributed by atoms with van der Waals surface area (Å²) >= 11 is 0. The fourth-order valence-electron chi connectivity index (χ4n) is 1.95. The Bertz CT molecular complexity index is 771. The van der Waals surface area contributed by atoms with E-state index in [1.807, 2.05) is 0 Å². The predicted molar refractivity (Wildman–Crippen MR) is 75.0 cm³/mol. The van der Waals surface area contributed by atoms with Gasteiger partial charge in [-0.25, -0.2) is 22.2 Å². The van der Waals surface area contributed by atoms with Crippen LogP contribution in [0.2, 0.25) is 0 Å². The van der Waals surface area contributed by atoms with Gasteiger partial charge in [0.05, 0.1) is 18.1 Å². The van der Waals surface area contributed by atoms with E-state index in [9.17, 15) is 35.5 Å². The van der Waals surface area contributed by atoms with E-state index in [2.05, 4.69) is 20.3 Å². The van der Waals surface area contributed by atoms with Crippen LogP contribution in [0.25, 0.3) is 0 Å². The number of nitrogens with one attached hydrogen (secondary N) is 1. The van der Waals surface area contributed by atoms with Crippen LogP contribution in [0.15, 0.2) is 18.5 Å². The molecule has 2 aromatic rings. The van der Waals surface area contributed by atoms with Crippen LogP contribution in [0, 0.1) is 0 Å². The molecule has 0 aliphatic heterocycles. The van der Waals surface area contributed by atoms with Gasteiger partial charge in [-0.2, -0.15) is 23.4 Å². The number of aromatic nitrogens is 4. The van der Waals surface area contributed by atoms with E-state index >= 15 is 0 Å². The number of hydrogen-bond acceptors (Lipinski definition) is 4. The second-order valence-electron chi connectivity index (χ2n) is 5.16. The van der Waals surface area contributed by atoms with Crippen molar-refractivity contribution in [1.82, 2.24) is 19.6 Å². The summed E-state index contributed by atoms with van der Waals surface area (Å²) in [5, 5.41) is 9.13. The molecular weight excluding hydrogens is 391 g/mol. The number of carbonyl (C=O) groups excluding carboxylic acids is 1. The topological polar surface area (TPSA) is 74.0 Å². The van der Waals surface area contributed by atoms with Crippen molar-refractivity contribution in [3.05, 3.63) is 29.8 Å². The van der Waals surface area contributed by atoms with Crippen molar-refractivity contribution in [1.29, 1.82) is 0 Å². The number of amides is 1. The Morgan fingerprint density at radius 3 is 2.52 bits per heavy atom. The lowest BCUT2D eigenvalue weighted by molar-refractivity contribution is -0.182. The van der Waals surface area contributed by atoms with Crippen LogP contribution < -0.4 is 5.32 Å². The molecule has 0 atom stereocenters. The van der Waals surface area contributed by atoms with Crippen LogP contribution in [0.4, 0.5) is 36.4 Å². The third kappa shape index (κ3) is 6.23. The van der Waals surface area contributed by atoms with Gasteiger partial charge in [0.15, 0.2) is 0 Å². The highest BCUT2D eigenvalue weighted by Crippen LogP contribution is 2.25. The molecule has 0 saturated heterocycles. The van der Waals surface area contributed by atoms with E-state index in [0.29, 0.717) is 10.7 Å². The number of halogens is 7. The smallest absolute Gasteiger partial charge is 0.350 e. The molecule has 0 radical (unpaired) electrons. The number of hydrogen-bond donors (Lipinski definition) is 1. The lowest BCUT2D eigenvalue weighted by Crippen LogP contribution is -2.21. The van der Waals surface area contributed by atoms with Crippen LogP contribution in [-0.4, -0.2) is 38.3 Å². The number of nitrogens with zero attached hydrogens (tertiary/aromatic N) is 4. The highest BCUT2D eigenvalue weighted by molar-refractivity contribution is 5.90. The molecule has 2 heterocycles. The third-order valence-electron chi connectivity index (χ3n) is 2.98. The van der Waals surface area contributed by atoms with Crippen molar-refractivity contribution in [3.63, 3.8) is 0 Å². The molecule has 7 nitrogen and oxygen atoms in total. The quantitative estimate of drug-likeness (QED) is 0.688. The molecule has 27 heavy (non-hydrogen) atoms. The molecule has 0 aromatic carbocycles. The predicted octanol–water partition coefficient (Wildman–Crippen LogP) is 3.13. The SMILES string of the molecule is O=C(Cn1nc(C(F)F)cc1C(F)F)Nc1cnn(COCC(F)(F)F)c1. The molecule has 0 bridgehead atoms. The maximum Gasteiger partial charge on any atom is 0.411 e. The summed E-state index contributed by atoms with van der Waals surface area (Å²) in [6.07, 6.45) is -8.49. The molecule has 2 aromatic heterocycles. The zero-order valence-electron chi connectivity index (χ0n) is 13.3. The van der Waals surface area contributed by atoms with Crippen molar-refractivity contribution < 1.29 is 40.3 Å². The first-order chi connectivity index (χ1) is 12.5. The lowest BCUT2D eigenvalue weighted by atomic mass is 10.3. The molecule has 0 unspecified atom stereocenters. The van der Waals surface area contributed by atoms with Crippen molar-refractivity contribution in [2.45, 2.75) is 32.3 Å². The van der Waals surface area contributed by atoms with Crippen molar-refractivity contribution in [2.75, 3.05) is 11.9 Å². The largest absolute Gasteiger partial charge is 0.411 e. The van der Waals surface area contributed by atoms with Crippen LogP contribution in [0.1, 0.15) is 24.2 Å². The minimum Gasteiger partial charge on any atom is -0.350 e. The summed E-state index contributed by atoms with van der Waals surface area (Å²) in [5.74, 6) is -0.878. The number of ether oxygens (including phenoxy) is 1. The van der Waals surface area contributed by atoms with Gasteiger partial charge in [0.2, 0.25) is 5.91 Å². The second-order valence-corrected chi connectivity index (χ2v) is 5.16. The van der Waals surface area contributed by atoms with Crippen LogP contribution in [-0.2, 0) is 22.8 Å². The molecular formula is C13H12F7N5O2. The molecule has 0 spiro atoms. The average Bonchev–Trinajstić information content (AvgIpc) is 3.13. The minimum atomic E-state index is -4.51. The zero-order chi connectivity index (χ0) is 20.2. The number of rotatable bonds is 8. The number of carbonyl (C=O) groups is 1. The third-order valence-corrected chi connectivity index (χ3v) is 2.98. The molecule has 0 saturated carbocycles. The minimum absolute atomic E-state index is 0.0374. The van der Waals surface area contributed by atoms with Gasteiger partial charge < -0.3 is 10.1 Å². The normalized spacial score (nSPS) is 12.2. The first kappa shape index (κ1) is 20.7. The van der Waals surface area contributed by atoms with Gasteiger partial charge in [-0.3, -0.25) is 9.48 Å². The molecule has 150 valence electrons. The standard InChI is InChI=1S/C13H12F7N5O2/c14-11(15)8-1-9(12(16)17)25(23-8)4-10(26)22-7-2-21-24(3-7)6-27-5-13(18,19)20/h1-3,11-12H,4-6H2,(H,22,26). The van der Waals surface area contributed by atoms with Crippen molar-refractivity contribution in [3.8, 4) is 0 Å². The summed E-state index contributed by atoms with van der Waals surface area (Å²) in [6.45, 7) is -2.80. The van der Waals surface area contributed by atoms with E-state index < -0.39 is 56.2 Å². The van der Waals surface area contributed by atoms with E-state index in [0.717, 1.165) is 17.1 Å². The Morgan fingerprint density at radius 2 is 1.93 bits per heavy atom. The van der Waals surface area contributed by atoms with E-state index in [4.69, 9.17) is 0 Å². The highest BCUT2D eigenvalue weighted by Gasteiger charge is 2.27. The van der Waals surface area contributed by atoms with Crippen LogP contribution >= 0.6 is 0 Å². The van der Waals surface area contributed by atoms with E-state index in [1.54, 1.807) is 0 Å². The fraction of sp³-hybridized carbons (Fsp3) is 0.462. The Morgan fingerprint density at radius 1 is 1.22 bits per heavy atom. The van der Waals surface area contributed by atoms with E-state index in [1.165, 1.54) is 0 Å². The maximum atomic E-state index is 12.8. The monoisotopic (exact) mass is 403 g/mol. The Balaban J connectivity index is 1.95. The second kappa shape index (κ2) is 8.37. The first-order valence-corrected chi connectivity index (χ1v) is 7.16. The summed E-state index contributed by atoms with van der Waals surface area (Å²) in [6, 6.07) is 0.499. The van der Waals surface area contributed by atoms with Gasteiger partial charge in [-0.1, -0.05) is 0 Å². The van der Waals surface area contributed by atoms with Crippen LogP contribution in [0.5, 0.6) is 0 Å². The summed E-state index contributed by atoms with van der Waals surface area (Å²) < 4.78 is 92.5. The summed E-state index contributed by atoms with van der Waals surface area (Å²) in [5.41, 5.74) is -1.71. The maximum absolute atomic E-state index is 12.8.